The lowest BCUT2D eigenvalue weighted by Crippen LogP contribution is -2.28. The summed E-state index contributed by atoms with van der Waals surface area (Å²) in [5.41, 5.74) is 3.62. The highest BCUT2D eigenvalue weighted by molar-refractivity contribution is 6.10. The summed E-state index contributed by atoms with van der Waals surface area (Å²) in [5, 5.41) is 4.22. The molecule has 3 nitrogen and oxygen atoms in total. The van der Waals surface area contributed by atoms with Crippen LogP contribution in [0.15, 0.2) is 24.3 Å². The smallest absolute Gasteiger partial charge is 0.167 e. The first-order valence-corrected chi connectivity index (χ1v) is 6.64. The molecule has 0 saturated carbocycles. The maximum atomic E-state index is 12.4. The van der Waals surface area contributed by atoms with Crippen molar-refractivity contribution in [1.82, 2.24) is 4.98 Å². The zero-order chi connectivity index (χ0) is 13.6. The summed E-state index contributed by atoms with van der Waals surface area (Å²) in [5.74, 6) is 0.203. The number of hydrogen-bond acceptors (Lipinski definition) is 3. The minimum absolute atomic E-state index is 0.00452. The van der Waals surface area contributed by atoms with Crippen LogP contribution in [0.25, 0.3) is 10.9 Å². The van der Waals surface area contributed by atoms with Crippen molar-refractivity contribution in [1.29, 1.82) is 0 Å². The van der Waals surface area contributed by atoms with E-state index < -0.39 is 0 Å². The number of pyridine rings is 1. The fraction of sp³-hybridized carbons (Fsp3) is 0.375. The van der Waals surface area contributed by atoms with E-state index in [0.29, 0.717) is 6.42 Å². The van der Waals surface area contributed by atoms with E-state index in [2.05, 4.69) is 19.2 Å². The Morgan fingerprint density at radius 3 is 2.68 bits per heavy atom. The Kier molecular flexibility index (Phi) is 2.59. The van der Waals surface area contributed by atoms with Crippen molar-refractivity contribution in [2.75, 3.05) is 12.4 Å². The van der Waals surface area contributed by atoms with Gasteiger partial charge in [-0.05, 0) is 17.9 Å². The molecule has 1 aromatic carbocycles. The molecule has 1 aliphatic carbocycles. The number of hydrogen-bond donors (Lipinski definition) is 1. The van der Waals surface area contributed by atoms with Crippen molar-refractivity contribution in [3.05, 3.63) is 35.5 Å². The Morgan fingerprint density at radius 2 is 1.95 bits per heavy atom. The van der Waals surface area contributed by atoms with E-state index in [1.54, 1.807) is 0 Å². The molecule has 0 bridgehead atoms. The van der Waals surface area contributed by atoms with Gasteiger partial charge in [-0.2, -0.15) is 0 Å². The fourth-order valence-electron chi connectivity index (χ4n) is 2.99. The molecule has 1 aromatic heterocycles. The van der Waals surface area contributed by atoms with Gasteiger partial charge < -0.3 is 5.32 Å². The van der Waals surface area contributed by atoms with Crippen molar-refractivity contribution in [2.45, 2.75) is 26.7 Å². The molecule has 0 saturated heterocycles. The summed E-state index contributed by atoms with van der Waals surface area (Å²) in [7, 11) is 1.87. The van der Waals surface area contributed by atoms with Gasteiger partial charge in [0.05, 0.1) is 22.5 Å². The minimum atomic E-state index is 0.00452. The highest BCUT2D eigenvalue weighted by atomic mass is 16.1. The lowest BCUT2D eigenvalue weighted by Gasteiger charge is -2.31. The van der Waals surface area contributed by atoms with Crippen LogP contribution < -0.4 is 5.32 Å². The van der Waals surface area contributed by atoms with Gasteiger partial charge in [0, 0.05) is 18.9 Å². The molecule has 0 atom stereocenters. The van der Waals surface area contributed by atoms with Gasteiger partial charge >= 0.3 is 0 Å². The third-order valence-corrected chi connectivity index (χ3v) is 3.78. The van der Waals surface area contributed by atoms with Crippen molar-refractivity contribution in [2.24, 2.45) is 5.41 Å². The number of rotatable bonds is 1. The van der Waals surface area contributed by atoms with Crippen LogP contribution in [0, 0.1) is 5.41 Å². The molecule has 3 rings (SSSR count). The summed E-state index contributed by atoms with van der Waals surface area (Å²) < 4.78 is 0. The van der Waals surface area contributed by atoms with E-state index in [0.717, 1.165) is 34.3 Å². The van der Waals surface area contributed by atoms with Gasteiger partial charge in [-0.1, -0.05) is 32.0 Å². The highest BCUT2D eigenvalue weighted by Crippen LogP contribution is 2.39. The van der Waals surface area contributed by atoms with Crippen LogP contribution in [0.4, 0.5) is 5.69 Å². The van der Waals surface area contributed by atoms with Gasteiger partial charge in [0.2, 0.25) is 0 Å². The number of nitrogens with one attached hydrogen (secondary N) is 1. The van der Waals surface area contributed by atoms with Gasteiger partial charge in [0.15, 0.2) is 5.78 Å². The largest absolute Gasteiger partial charge is 0.387 e. The number of nitrogens with zero attached hydrogens (tertiary/aromatic N) is 1. The van der Waals surface area contributed by atoms with Crippen molar-refractivity contribution in [3.8, 4) is 0 Å². The topological polar surface area (TPSA) is 42.0 Å². The van der Waals surface area contributed by atoms with Gasteiger partial charge in [-0.3, -0.25) is 9.78 Å². The summed E-state index contributed by atoms with van der Waals surface area (Å²) in [6.07, 6.45) is 1.45. The minimum Gasteiger partial charge on any atom is -0.387 e. The van der Waals surface area contributed by atoms with E-state index in [1.165, 1.54) is 0 Å². The monoisotopic (exact) mass is 254 g/mol. The second-order valence-corrected chi connectivity index (χ2v) is 6.02. The molecular formula is C16H18N2O. The molecule has 0 amide bonds. The highest BCUT2D eigenvalue weighted by Gasteiger charge is 2.34. The molecule has 0 unspecified atom stereocenters. The Balaban J connectivity index is 2.35. The van der Waals surface area contributed by atoms with E-state index >= 15 is 0 Å². The average molecular weight is 254 g/mol. The van der Waals surface area contributed by atoms with Crippen LogP contribution in [0.1, 0.15) is 36.3 Å². The fourth-order valence-corrected chi connectivity index (χ4v) is 2.99. The molecule has 3 heteroatoms. The number of aromatic nitrogens is 1. The lowest BCUT2D eigenvalue weighted by atomic mass is 9.75. The molecule has 1 aliphatic rings. The number of carbonyl (C=O) groups excluding carboxylic acids is 1. The van der Waals surface area contributed by atoms with Crippen LogP contribution in [0.5, 0.6) is 0 Å². The van der Waals surface area contributed by atoms with Crippen molar-refractivity contribution < 1.29 is 4.79 Å². The van der Waals surface area contributed by atoms with Crippen molar-refractivity contribution in [3.63, 3.8) is 0 Å². The Morgan fingerprint density at radius 1 is 1.21 bits per heavy atom. The molecule has 19 heavy (non-hydrogen) atoms. The Hall–Kier alpha value is -1.90. The predicted octanol–water partition coefficient (Wildman–Crippen LogP) is 3.43. The molecule has 0 radical (unpaired) electrons. The molecule has 0 spiro atoms. The maximum Gasteiger partial charge on any atom is 0.167 e. The molecule has 0 fully saturated rings. The predicted molar refractivity (Wildman–Crippen MR) is 77.7 cm³/mol. The summed E-state index contributed by atoms with van der Waals surface area (Å²) >= 11 is 0. The number of para-hydroxylation sites is 1. The Labute approximate surface area is 113 Å². The molecule has 1 heterocycles. The zero-order valence-electron chi connectivity index (χ0n) is 11.6. The van der Waals surface area contributed by atoms with Gasteiger partial charge in [0.25, 0.3) is 0 Å². The quantitative estimate of drug-likeness (QED) is 0.847. The summed E-state index contributed by atoms with van der Waals surface area (Å²) in [6, 6.07) is 7.98. The van der Waals surface area contributed by atoms with Gasteiger partial charge in [-0.15, -0.1) is 0 Å². The molecule has 0 aliphatic heterocycles. The van der Waals surface area contributed by atoms with Crippen LogP contribution in [-0.4, -0.2) is 17.8 Å². The first-order valence-electron chi connectivity index (χ1n) is 6.64. The number of carbonyl (C=O) groups is 1. The number of fused-ring (bicyclic) bond motifs is 2. The summed E-state index contributed by atoms with van der Waals surface area (Å²) in [4.78, 5) is 17.2. The normalized spacial score (nSPS) is 17.3. The second-order valence-electron chi connectivity index (χ2n) is 6.02. The number of ketones is 1. The van der Waals surface area contributed by atoms with Crippen LogP contribution in [0.2, 0.25) is 0 Å². The lowest BCUT2D eigenvalue weighted by molar-refractivity contribution is 0.0911. The summed E-state index contributed by atoms with van der Waals surface area (Å²) in [6.45, 7) is 4.26. The van der Waals surface area contributed by atoms with E-state index in [1.807, 2.05) is 31.3 Å². The van der Waals surface area contributed by atoms with Crippen LogP contribution >= 0.6 is 0 Å². The SMILES string of the molecule is CNc1c2c(nc3ccccc13)CC(C)(C)CC2=O. The second kappa shape index (κ2) is 4.05. The standard InChI is InChI=1S/C16H18N2O/c1-16(2)8-12-14(13(19)9-16)15(17-3)10-6-4-5-7-11(10)18-12/h4-7H,8-9H2,1-3H3,(H,17,18). The average Bonchev–Trinajstić information content (AvgIpc) is 2.34. The molecule has 98 valence electrons. The molecular weight excluding hydrogens is 236 g/mol. The molecule has 1 N–H and O–H groups in total. The number of anilines is 1. The van der Waals surface area contributed by atoms with Gasteiger partial charge in [0.1, 0.15) is 0 Å². The van der Waals surface area contributed by atoms with Gasteiger partial charge in [-0.25, -0.2) is 0 Å². The maximum absolute atomic E-state index is 12.4. The van der Waals surface area contributed by atoms with E-state index in [-0.39, 0.29) is 11.2 Å². The van der Waals surface area contributed by atoms with Crippen LogP contribution in [0.3, 0.4) is 0 Å². The van der Waals surface area contributed by atoms with Crippen LogP contribution in [-0.2, 0) is 6.42 Å². The molecule has 2 aromatic rings. The zero-order valence-corrected chi connectivity index (χ0v) is 11.6. The Bertz CT molecular complexity index is 674. The first-order chi connectivity index (χ1) is 9.02. The first kappa shape index (κ1) is 12.2. The number of benzene rings is 1. The van der Waals surface area contributed by atoms with Crippen molar-refractivity contribution >= 4 is 22.4 Å². The van der Waals surface area contributed by atoms with E-state index in [4.69, 9.17) is 4.98 Å². The third-order valence-electron chi connectivity index (χ3n) is 3.78. The third kappa shape index (κ3) is 1.89. The number of Topliss-reactive ketones (excluding diaryl/α,β-unsaturated/α-hetero) is 1. The van der Waals surface area contributed by atoms with E-state index in [9.17, 15) is 4.79 Å².